The van der Waals surface area contributed by atoms with Crippen LogP contribution in [0.2, 0.25) is 0 Å². The molecule has 4 aromatic rings. The standard InChI is InChI=1S/C16H14N4S/c17-8-11-9-20(16-12(11)4-3-7-18-16)10-15-19-13-5-1-2-6-14(13)21-15/h1-7,9H,8,10,17H2. The molecule has 4 nitrogen and oxygen atoms in total. The van der Waals surface area contributed by atoms with E-state index >= 15 is 0 Å². The highest BCUT2D eigenvalue weighted by Gasteiger charge is 2.10. The van der Waals surface area contributed by atoms with Gasteiger partial charge >= 0.3 is 0 Å². The van der Waals surface area contributed by atoms with Gasteiger partial charge in [-0.1, -0.05) is 12.1 Å². The molecule has 0 radical (unpaired) electrons. The van der Waals surface area contributed by atoms with Crippen LogP contribution in [0.4, 0.5) is 0 Å². The largest absolute Gasteiger partial charge is 0.326 e. The predicted octanol–water partition coefficient (Wildman–Crippen LogP) is 3.15. The zero-order valence-corrected chi connectivity index (χ0v) is 12.2. The molecule has 0 saturated carbocycles. The van der Waals surface area contributed by atoms with E-state index in [-0.39, 0.29) is 0 Å². The molecule has 3 heterocycles. The van der Waals surface area contributed by atoms with E-state index < -0.39 is 0 Å². The van der Waals surface area contributed by atoms with Crippen LogP contribution in [0.15, 0.2) is 48.8 Å². The van der Waals surface area contributed by atoms with Gasteiger partial charge in [-0.2, -0.15) is 0 Å². The van der Waals surface area contributed by atoms with Crippen LogP contribution in [0.3, 0.4) is 0 Å². The highest BCUT2D eigenvalue weighted by atomic mass is 32.1. The number of thiazole rings is 1. The van der Waals surface area contributed by atoms with Crippen molar-refractivity contribution in [1.82, 2.24) is 14.5 Å². The summed E-state index contributed by atoms with van der Waals surface area (Å²) in [7, 11) is 0. The molecule has 5 heteroatoms. The molecule has 21 heavy (non-hydrogen) atoms. The summed E-state index contributed by atoms with van der Waals surface area (Å²) < 4.78 is 3.35. The third-order valence-corrected chi connectivity index (χ3v) is 4.60. The number of hydrogen-bond acceptors (Lipinski definition) is 4. The molecule has 0 amide bonds. The van der Waals surface area contributed by atoms with Crippen LogP contribution >= 0.6 is 11.3 Å². The van der Waals surface area contributed by atoms with Gasteiger partial charge in [0.25, 0.3) is 0 Å². The number of aromatic nitrogens is 3. The molecule has 104 valence electrons. The molecule has 3 aromatic heterocycles. The Morgan fingerprint density at radius 1 is 1.14 bits per heavy atom. The molecule has 0 fully saturated rings. The van der Waals surface area contributed by atoms with E-state index in [9.17, 15) is 0 Å². The van der Waals surface area contributed by atoms with E-state index in [0.29, 0.717) is 6.54 Å². The Morgan fingerprint density at radius 3 is 2.90 bits per heavy atom. The average Bonchev–Trinajstić information content (AvgIpc) is 3.08. The fourth-order valence-corrected chi connectivity index (χ4v) is 3.58. The van der Waals surface area contributed by atoms with Crippen LogP contribution in [0.25, 0.3) is 21.3 Å². The molecule has 2 N–H and O–H groups in total. The lowest BCUT2D eigenvalue weighted by molar-refractivity contribution is 0.813. The van der Waals surface area contributed by atoms with Crippen LogP contribution in [-0.4, -0.2) is 14.5 Å². The van der Waals surface area contributed by atoms with Crippen molar-refractivity contribution in [3.05, 3.63) is 59.4 Å². The van der Waals surface area contributed by atoms with Gasteiger partial charge < -0.3 is 10.3 Å². The maximum absolute atomic E-state index is 5.83. The number of pyridine rings is 1. The lowest BCUT2D eigenvalue weighted by Crippen LogP contribution is -1.99. The van der Waals surface area contributed by atoms with Gasteiger partial charge in [0.15, 0.2) is 0 Å². The lowest BCUT2D eigenvalue weighted by atomic mass is 10.2. The van der Waals surface area contributed by atoms with E-state index in [1.807, 2.05) is 30.5 Å². The number of rotatable bonds is 3. The molecule has 0 aliphatic carbocycles. The second kappa shape index (κ2) is 4.95. The van der Waals surface area contributed by atoms with E-state index in [1.54, 1.807) is 11.3 Å². The molecule has 1 aromatic carbocycles. The zero-order valence-electron chi connectivity index (χ0n) is 11.4. The number of nitrogens with zero attached hydrogens (tertiary/aromatic N) is 3. The Kier molecular flexibility index (Phi) is 2.94. The maximum Gasteiger partial charge on any atom is 0.140 e. The summed E-state index contributed by atoms with van der Waals surface area (Å²) in [5, 5.41) is 2.21. The maximum atomic E-state index is 5.83. The Morgan fingerprint density at radius 2 is 2.05 bits per heavy atom. The second-order valence-corrected chi connectivity index (χ2v) is 6.05. The van der Waals surface area contributed by atoms with Crippen LogP contribution in [0.1, 0.15) is 10.6 Å². The summed E-state index contributed by atoms with van der Waals surface area (Å²) in [6.07, 6.45) is 3.90. The fourth-order valence-electron chi connectivity index (χ4n) is 2.61. The first-order valence-corrected chi connectivity index (χ1v) is 7.64. The topological polar surface area (TPSA) is 56.7 Å². The summed E-state index contributed by atoms with van der Waals surface area (Å²) in [6.45, 7) is 1.25. The van der Waals surface area contributed by atoms with Crippen molar-refractivity contribution in [3.8, 4) is 0 Å². The monoisotopic (exact) mass is 294 g/mol. The summed E-state index contributed by atoms with van der Waals surface area (Å²) >= 11 is 1.73. The Labute approximate surface area is 125 Å². The summed E-state index contributed by atoms with van der Waals surface area (Å²) in [5.41, 5.74) is 8.98. The third-order valence-electron chi connectivity index (χ3n) is 3.58. The van der Waals surface area contributed by atoms with Crippen molar-refractivity contribution in [3.63, 3.8) is 0 Å². The van der Waals surface area contributed by atoms with Crippen LogP contribution in [0, 0.1) is 0 Å². The highest BCUT2D eigenvalue weighted by Crippen LogP contribution is 2.25. The average molecular weight is 294 g/mol. The van der Waals surface area contributed by atoms with Gasteiger partial charge in [0, 0.05) is 24.3 Å². The molecule has 0 aliphatic heterocycles. The van der Waals surface area contributed by atoms with Gasteiger partial charge in [0.2, 0.25) is 0 Å². The Hall–Kier alpha value is -2.24. The van der Waals surface area contributed by atoms with Crippen molar-refractivity contribution >= 4 is 32.6 Å². The third kappa shape index (κ3) is 2.11. The molecular formula is C16H14N4S. The molecule has 0 spiro atoms. The van der Waals surface area contributed by atoms with Crippen LogP contribution in [-0.2, 0) is 13.1 Å². The minimum absolute atomic E-state index is 0.523. The summed E-state index contributed by atoms with van der Waals surface area (Å²) in [5.74, 6) is 0. The van der Waals surface area contributed by atoms with Crippen molar-refractivity contribution in [2.75, 3.05) is 0 Å². The quantitative estimate of drug-likeness (QED) is 0.631. The van der Waals surface area contributed by atoms with E-state index in [1.165, 1.54) is 4.70 Å². The van der Waals surface area contributed by atoms with Crippen molar-refractivity contribution in [1.29, 1.82) is 0 Å². The normalized spacial score (nSPS) is 11.5. The van der Waals surface area contributed by atoms with Gasteiger partial charge in [-0.3, -0.25) is 0 Å². The molecule has 0 unspecified atom stereocenters. The molecule has 4 rings (SSSR count). The van der Waals surface area contributed by atoms with Gasteiger partial charge in [-0.15, -0.1) is 11.3 Å². The smallest absolute Gasteiger partial charge is 0.140 e. The number of nitrogens with two attached hydrogens (primary N) is 1. The first-order valence-electron chi connectivity index (χ1n) is 6.82. The number of benzene rings is 1. The van der Waals surface area contributed by atoms with E-state index in [0.717, 1.165) is 33.7 Å². The molecule has 0 aliphatic rings. The minimum atomic E-state index is 0.523. The zero-order chi connectivity index (χ0) is 14.2. The summed E-state index contributed by atoms with van der Waals surface area (Å²) in [4.78, 5) is 9.17. The molecule has 0 saturated heterocycles. The Bertz CT molecular complexity index is 889. The first-order chi connectivity index (χ1) is 10.3. The van der Waals surface area contributed by atoms with Crippen LogP contribution in [0.5, 0.6) is 0 Å². The fraction of sp³-hybridized carbons (Fsp3) is 0.125. The van der Waals surface area contributed by atoms with Gasteiger partial charge in [0.1, 0.15) is 10.7 Å². The van der Waals surface area contributed by atoms with Gasteiger partial charge in [-0.25, -0.2) is 9.97 Å². The highest BCUT2D eigenvalue weighted by molar-refractivity contribution is 7.18. The molecule has 0 bridgehead atoms. The number of fused-ring (bicyclic) bond motifs is 2. The van der Waals surface area contributed by atoms with Crippen molar-refractivity contribution < 1.29 is 0 Å². The first kappa shape index (κ1) is 12.5. The summed E-state index contributed by atoms with van der Waals surface area (Å²) in [6, 6.07) is 12.2. The number of para-hydroxylation sites is 1. The van der Waals surface area contributed by atoms with Crippen molar-refractivity contribution in [2.24, 2.45) is 5.73 Å². The SMILES string of the molecule is NCc1cn(Cc2nc3ccccc3s2)c2ncccc12. The second-order valence-electron chi connectivity index (χ2n) is 4.94. The lowest BCUT2D eigenvalue weighted by Gasteiger charge is -2.00. The van der Waals surface area contributed by atoms with Gasteiger partial charge in [-0.05, 0) is 29.8 Å². The molecular weight excluding hydrogens is 280 g/mol. The van der Waals surface area contributed by atoms with Crippen LogP contribution < -0.4 is 5.73 Å². The predicted molar refractivity (Wildman–Crippen MR) is 86.3 cm³/mol. The van der Waals surface area contributed by atoms with E-state index in [2.05, 4.69) is 32.9 Å². The number of hydrogen-bond donors (Lipinski definition) is 1. The molecule has 0 atom stereocenters. The van der Waals surface area contributed by atoms with Gasteiger partial charge in [0.05, 0.1) is 16.8 Å². The minimum Gasteiger partial charge on any atom is -0.326 e. The Balaban J connectivity index is 1.80. The van der Waals surface area contributed by atoms with Crippen molar-refractivity contribution in [2.45, 2.75) is 13.1 Å². The van der Waals surface area contributed by atoms with E-state index in [4.69, 9.17) is 5.73 Å².